The van der Waals surface area contributed by atoms with Crippen molar-refractivity contribution in [2.45, 2.75) is 83.9 Å². The van der Waals surface area contributed by atoms with Crippen LogP contribution in [0.5, 0.6) is 0 Å². The van der Waals surface area contributed by atoms with Crippen molar-refractivity contribution >= 4 is 35.0 Å². The molecule has 252 valence electrons. The fourth-order valence-electron chi connectivity index (χ4n) is 6.67. The Balaban J connectivity index is 1.24. The van der Waals surface area contributed by atoms with Crippen LogP contribution in [-0.2, 0) is 11.2 Å². The summed E-state index contributed by atoms with van der Waals surface area (Å²) in [4.78, 5) is 44.1. The molecule has 2 aromatic rings. The normalized spacial score (nSPS) is 20.4. The van der Waals surface area contributed by atoms with Crippen LogP contribution in [0.4, 0.5) is 27.8 Å². The van der Waals surface area contributed by atoms with Gasteiger partial charge in [-0.05, 0) is 90.6 Å². The van der Waals surface area contributed by atoms with Crippen LogP contribution >= 0.6 is 0 Å². The molecule has 4 heterocycles. The zero-order valence-electron chi connectivity index (χ0n) is 28.3. The molecule has 1 atom stereocenters. The summed E-state index contributed by atoms with van der Waals surface area (Å²) in [5, 5.41) is 6.72. The number of nitrogens with two attached hydrogens (primary N) is 1. The van der Waals surface area contributed by atoms with Gasteiger partial charge in [-0.3, -0.25) is 9.69 Å². The predicted octanol–water partition coefficient (Wildman–Crippen LogP) is 4.30. The van der Waals surface area contributed by atoms with Gasteiger partial charge in [0.05, 0.1) is 11.7 Å². The summed E-state index contributed by atoms with van der Waals surface area (Å²) in [5.41, 5.74) is 7.93. The zero-order chi connectivity index (χ0) is 32.8. The molecule has 0 saturated carbocycles. The lowest BCUT2D eigenvalue weighted by atomic mass is 10.0. The van der Waals surface area contributed by atoms with Crippen LogP contribution < -0.4 is 21.3 Å². The van der Waals surface area contributed by atoms with Gasteiger partial charge in [0, 0.05) is 69.8 Å². The minimum Gasteiger partial charge on any atom is -0.444 e. The number of piperazine rings is 1. The summed E-state index contributed by atoms with van der Waals surface area (Å²) in [6, 6.07) is 8.88. The molecule has 0 aliphatic carbocycles. The second-order valence-corrected chi connectivity index (χ2v) is 13.9. The number of likely N-dealkylation sites (tertiary alicyclic amines) is 1. The summed E-state index contributed by atoms with van der Waals surface area (Å²) in [5.74, 6) is 0.240. The first-order chi connectivity index (χ1) is 22.0. The van der Waals surface area contributed by atoms with E-state index in [1.54, 1.807) is 0 Å². The molecular formula is C34H53N9O3. The Labute approximate surface area is 274 Å². The third-order valence-corrected chi connectivity index (χ3v) is 9.31. The number of anilines is 4. The maximum atomic E-state index is 12.9. The summed E-state index contributed by atoms with van der Waals surface area (Å²) in [7, 11) is 2.20. The Morgan fingerprint density at radius 1 is 0.935 bits per heavy atom. The largest absolute Gasteiger partial charge is 0.444 e. The van der Waals surface area contributed by atoms with E-state index in [9.17, 15) is 9.59 Å². The van der Waals surface area contributed by atoms with Crippen LogP contribution in [0.15, 0.2) is 24.3 Å². The number of aromatic nitrogens is 2. The first-order valence-corrected chi connectivity index (χ1v) is 17.0. The van der Waals surface area contributed by atoms with Crippen LogP contribution in [-0.4, -0.2) is 114 Å². The van der Waals surface area contributed by atoms with Crippen molar-refractivity contribution in [2.24, 2.45) is 5.73 Å². The number of piperidine rings is 2. The highest BCUT2D eigenvalue weighted by atomic mass is 16.6. The van der Waals surface area contributed by atoms with Gasteiger partial charge >= 0.3 is 6.09 Å². The average Bonchev–Trinajstić information content (AvgIpc) is 3.04. The molecule has 1 aromatic carbocycles. The standard InChI is InChI=1S/C34H53N9O3/c1-6-28-31(36-23-27-9-7-8-16-43(27)33(45)46-34(2,3)4)39-32(29(38-28)30(35)44)37-24-10-12-25(13-11-24)41-17-14-26(15-18-41)42-21-19-40(5)20-22-42/h10-13,26-27H,6-9,14-23H2,1-5H3,(H2,35,44)(H2,36,37,39)/t27-/m1/s1. The van der Waals surface area contributed by atoms with E-state index in [0.717, 1.165) is 51.1 Å². The van der Waals surface area contributed by atoms with Gasteiger partial charge < -0.3 is 35.8 Å². The van der Waals surface area contributed by atoms with E-state index in [-0.39, 0.29) is 17.8 Å². The third kappa shape index (κ3) is 8.58. The maximum Gasteiger partial charge on any atom is 0.410 e. The number of primary amides is 1. The molecule has 46 heavy (non-hydrogen) atoms. The minimum atomic E-state index is -0.639. The number of likely N-dealkylation sites (N-methyl/N-ethyl adjacent to an activating group) is 1. The van der Waals surface area contributed by atoms with Gasteiger partial charge in [-0.15, -0.1) is 0 Å². The highest BCUT2D eigenvalue weighted by molar-refractivity contribution is 5.96. The van der Waals surface area contributed by atoms with E-state index in [1.807, 2.05) is 44.7 Å². The fourth-order valence-corrected chi connectivity index (χ4v) is 6.67. The maximum absolute atomic E-state index is 12.9. The van der Waals surface area contributed by atoms with Gasteiger partial charge in [-0.1, -0.05) is 6.92 Å². The van der Waals surface area contributed by atoms with Crippen LogP contribution in [0, 0.1) is 0 Å². The second-order valence-electron chi connectivity index (χ2n) is 13.9. The summed E-state index contributed by atoms with van der Waals surface area (Å²) >= 11 is 0. The Kier molecular flexibility index (Phi) is 10.9. The number of nitrogens with zero attached hydrogens (tertiary/aromatic N) is 6. The monoisotopic (exact) mass is 635 g/mol. The topological polar surface area (TPSA) is 132 Å². The average molecular weight is 636 g/mol. The van der Waals surface area contributed by atoms with E-state index in [2.05, 4.69) is 49.5 Å². The smallest absolute Gasteiger partial charge is 0.410 e. The quantitative estimate of drug-likeness (QED) is 0.367. The zero-order valence-corrected chi connectivity index (χ0v) is 28.3. The first kappa shape index (κ1) is 33.7. The fraction of sp³-hybridized carbons (Fsp3) is 0.647. The summed E-state index contributed by atoms with van der Waals surface area (Å²) in [6.45, 7) is 15.5. The highest BCUT2D eigenvalue weighted by Gasteiger charge is 2.31. The Bertz CT molecular complexity index is 1330. The number of amides is 2. The van der Waals surface area contributed by atoms with Gasteiger partial charge in [0.2, 0.25) is 0 Å². The molecular weight excluding hydrogens is 582 g/mol. The van der Waals surface area contributed by atoms with E-state index in [4.69, 9.17) is 15.5 Å². The molecule has 3 aliphatic heterocycles. The molecule has 0 radical (unpaired) electrons. The Morgan fingerprint density at radius 2 is 1.63 bits per heavy atom. The number of nitrogens with one attached hydrogen (secondary N) is 2. The van der Waals surface area contributed by atoms with Crippen molar-refractivity contribution in [1.29, 1.82) is 0 Å². The van der Waals surface area contributed by atoms with E-state index >= 15 is 0 Å². The molecule has 0 spiro atoms. The molecule has 12 heteroatoms. The third-order valence-electron chi connectivity index (χ3n) is 9.31. The number of aryl methyl sites for hydroxylation is 1. The number of hydrogen-bond donors (Lipinski definition) is 3. The summed E-state index contributed by atoms with van der Waals surface area (Å²) in [6.07, 6.45) is 5.48. The molecule has 1 aromatic heterocycles. The van der Waals surface area contributed by atoms with Gasteiger partial charge in [0.1, 0.15) is 11.4 Å². The lowest BCUT2D eigenvalue weighted by Gasteiger charge is -2.42. The SMILES string of the molecule is CCc1nc(C(N)=O)c(Nc2ccc(N3CCC(N4CCN(C)CC4)CC3)cc2)nc1NC[C@H]1CCCCN1C(=O)OC(C)(C)C. The second kappa shape index (κ2) is 14.8. The van der Waals surface area contributed by atoms with E-state index in [1.165, 1.54) is 31.6 Å². The van der Waals surface area contributed by atoms with Gasteiger partial charge in [-0.25, -0.2) is 14.8 Å². The molecule has 0 bridgehead atoms. The van der Waals surface area contributed by atoms with Crippen molar-refractivity contribution in [2.75, 3.05) is 74.9 Å². The lowest BCUT2D eigenvalue weighted by molar-refractivity contribution is 0.0114. The number of benzene rings is 1. The molecule has 4 N–H and O–H groups in total. The van der Waals surface area contributed by atoms with Crippen LogP contribution in [0.3, 0.4) is 0 Å². The molecule has 3 fully saturated rings. The number of hydrogen-bond acceptors (Lipinski definition) is 10. The van der Waals surface area contributed by atoms with Crippen molar-refractivity contribution < 1.29 is 14.3 Å². The Hall–Kier alpha value is -3.64. The van der Waals surface area contributed by atoms with Crippen LogP contribution in [0.2, 0.25) is 0 Å². The molecule has 5 rings (SSSR count). The predicted molar refractivity (Wildman–Crippen MR) is 183 cm³/mol. The van der Waals surface area contributed by atoms with Crippen molar-refractivity contribution in [3.05, 3.63) is 35.7 Å². The van der Waals surface area contributed by atoms with Crippen molar-refractivity contribution in [1.82, 2.24) is 24.7 Å². The number of carbonyl (C=O) groups excluding carboxylic acids is 2. The van der Waals surface area contributed by atoms with Crippen LogP contribution in [0.25, 0.3) is 0 Å². The molecule has 3 saturated heterocycles. The first-order valence-electron chi connectivity index (χ1n) is 17.0. The van der Waals surface area contributed by atoms with Gasteiger partial charge in [0.15, 0.2) is 11.5 Å². The van der Waals surface area contributed by atoms with Crippen molar-refractivity contribution in [3.63, 3.8) is 0 Å². The summed E-state index contributed by atoms with van der Waals surface area (Å²) < 4.78 is 5.68. The van der Waals surface area contributed by atoms with E-state index < -0.39 is 11.5 Å². The lowest BCUT2D eigenvalue weighted by Crippen LogP contribution is -2.52. The minimum absolute atomic E-state index is 0.0403. The van der Waals surface area contributed by atoms with E-state index in [0.29, 0.717) is 42.9 Å². The van der Waals surface area contributed by atoms with Gasteiger partial charge in [-0.2, -0.15) is 0 Å². The Morgan fingerprint density at radius 3 is 2.26 bits per heavy atom. The van der Waals surface area contributed by atoms with Crippen molar-refractivity contribution in [3.8, 4) is 0 Å². The molecule has 2 amide bonds. The molecule has 0 unspecified atom stereocenters. The molecule has 3 aliphatic rings. The van der Waals surface area contributed by atoms with Gasteiger partial charge in [0.25, 0.3) is 5.91 Å². The van der Waals surface area contributed by atoms with Crippen LogP contribution in [0.1, 0.15) is 76.0 Å². The molecule has 12 nitrogen and oxygen atoms in total. The number of carbonyl (C=O) groups is 2. The number of ether oxygens (including phenoxy) is 1. The number of rotatable bonds is 9. The highest BCUT2D eigenvalue weighted by Crippen LogP contribution is 2.28.